The minimum Gasteiger partial charge on any atom is -0.385 e. The Kier molecular flexibility index (Phi) is 3.62. The van der Waals surface area contributed by atoms with Gasteiger partial charge in [-0.25, -0.2) is 0 Å². The Morgan fingerprint density at radius 3 is 2.60 bits per heavy atom. The minimum absolute atomic E-state index is 0.709. The Bertz CT molecular complexity index is 602. The van der Waals surface area contributed by atoms with Crippen LogP contribution in [0.2, 0.25) is 0 Å². The minimum atomic E-state index is -0.709. The molecule has 1 atom stereocenters. The van der Waals surface area contributed by atoms with E-state index in [-0.39, 0.29) is 0 Å². The van der Waals surface area contributed by atoms with Crippen LogP contribution in [0.3, 0.4) is 0 Å². The van der Waals surface area contributed by atoms with E-state index in [1.165, 1.54) is 23.1 Å². The van der Waals surface area contributed by atoms with Crippen molar-refractivity contribution in [2.45, 2.75) is 44.6 Å². The number of aryl methyl sites for hydroxylation is 2. The highest BCUT2D eigenvalue weighted by atomic mass is 16.3. The zero-order chi connectivity index (χ0) is 14.0. The Morgan fingerprint density at radius 2 is 1.75 bits per heavy atom. The monoisotopic (exact) mass is 266 g/mol. The zero-order valence-electron chi connectivity index (χ0n) is 12.1. The fraction of sp³-hybridized carbons (Fsp3) is 0.368. The molecule has 20 heavy (non-hydrogen) atoms. The molecule has 0 heterocycles. The molecule has 0 saturated carbocycles. The second-order valence-electron chi connectivity index (χ2n) is 6.00. The van der Waals surface area contributed by atoms with Gasteiger partial charge in [-0.2, -0.15) is 0 Å². The molecule has 1 nitrogen and oxygen atoms in total. The van der Waals surface area contributed by atoms with Crippen molar-refractivity contribution in [1.82, 2.24) is 0 Å². The Balaban J connectivity index is 2.01. The first-order valence-electron chi connectivity index (χ1n) is 7.54. The quantitative estimate of drug-likeness (QED) is 0.810. The third-order valence-electron chi connectivity index (χ3n) is 4.55. The molecule has 0 aromatic heterocycles. The van der Waals surface area contributed by atoms with Crippen molar-refractivity contribution >= 4 is 0 Å². The van der Waals surface area contributed by atoms with Crippen LogP contribution in [0.5, 0.6) is 0 Å². The van der Waals surface area contributed by atoms with Crippen molar-refractivity contribution in [1.29, 1.82) is 0 Å². The molecule has 0 spiro atoms. The van der Waals surface area contributed by atoms with Crippen LogP contribution in [-0.2, 0) is 18.4 Å². The second kappa shape index (κ2) is 5.41. The van der Waals surface area contributed by atoms with Gasteiger partial charge in [0, 0.05) is 6.42 Å². The van der Waals surface area contributed by atoms with Crippen molar-refractivity contribution in [2.24, 2.45) is 0 Å². The molecule has 3 rings (SSSR count). The van der Waals surface area contributed by atoms with Gasteiger partial charge >= 0.3 is 0 Å². The van der Waals surface area contributed by atoms with Gasteiger partial charge in [0.1, 0.15) is 0 Å². The average molecular weight is 266 g/mol. The van der Waals surface area contributed by atoms with E-state index in [2.05, 4.69) is 49.4 Å². The topological polar surface area (TPSA) is 20.2 Å². The summed E-state index contributed by atoms with van der Waals surface area (Å²) < 4.78 is 0. The summed E-state index contributed by atoms with van der Waals surface area (Å²) in [6, 6.07) is 16.8. The van der Waals surface area contributed by atoms with Gasteiger partial charge in [0.05, 0.1) is 5.60 Å². The maximum absolute atomic E-state index is 11.3. The van der Waals surface area contributed by atoms with Gasteiger partial charge in [0.25, 0.3) is 0 Å². The number of aliphatic hydroxyl groups is 1. The van der Waals surface area contributed by atoms with E-state index in [1.807, 2.05) is 6.07 Å². The summed E-state index contributed by atoms with van der Waals surface area (Å²) in [6.07, 6.45) is 4.94. The average Bonchev–Trinajstić information content (AvgIpc) is 2.62. The van der Waals surface area contributed by atoms with Crippen LogP contribution < -0.4 is 0 Å². The molecule has 1 aliphatic carbocycles. The summed E-state index contributed by atoms with van der Waals surface area (Å²) in [4.78, 5) is 0. The number of rotatable bonds is 2. The first-order valence-corrected chi connectivity index (χ1v) is 7.54. The number of fused-ring (bicyclic) bond motifs is 1. The van der Waals surface area contributed by atoms with E-state index < -0.39 is 5.60 Å². The standard InChI is InChI=1S/C19H22O/c1-15-8-2-3-11-17(15)14-19(20)13-7-6-10-16-9-4-5-12-18(16)19/h2-5,8-9,11-12,20H,6-7,10,13-14H2,1H3. The van der Waals surface area contributed by atoms with Crippen LogP contribution >= 0.6 is 0 Å². The highest BCUT2D eigenvalue weighted by Gasteiger charge is 2.33. The fourth-order valence-electron chi connectivity index (χ4n) is 3.37. The predicted octanol–water partition coefficient (Wildman–Crippen LogP) is 4.15. The van der Waals surface area contributed by atoms with Gasteiger partial charge in [0.2, 0.25) is 0 Å². The van der Waals surface area contributed by atoms with Crippen molar-refractivity contribution in [3.05, 3.63) is 70.8 Å². The van der Waals surface area contributed by atoms with Crippen LogP contribution in [0.25, 0.3) is 0 Å². The zero-order valence-corrected chi connectivity index (χ0v) is 12.1. The lowest BCUT2D eigenvalue weighted by Gasteiger charge is -2.30. The molecule has 2 aromatic rings. The highest BCUT2D eigenvalue weighted by Crippen LogP contribution is 2.37. The van der Waals surface area contributed by atoms with Gasteiger partial charge in [0.15, 0.2) is 0 Å². The molecule has 0 radical (unpaired) electrons. The lowest BCUT2D eigenvalue weighted by molar-refractivity contribution is 0.0270. The van der Waals surface area contributed by atoms with Crippen LogP contribution in [-0.4, -0.2) is 5.11 Å². The Labute approximate surface area is 121 Å². The normalized spacial score (nSPS) is 22.1. The first kappa shape index (κ1) is 13.4. The van der Waals surface area contributed by atoms with Crippen molar-refractivity contribution in [3.63, 3.8) is 0 Å². The van der Waals surface area contributed by atoms with E-state index in [0.717, 1.165) is 31.2 Å². The second-order valence-corrected chi connectivity index (χ2v) is 6.00. The summed E-state index contributed by atoms with van der Waals surface area (Å²) in [7, 11) is 0. The molecular weight excluding hydrogens is 244 g/mol. The van der Waals surface area contributed by atoms with Crippen molar-refractivity contribution in [3.8, 4) is 0 Å². The van der Waals surface area contributed by atoms with Gasteiger partial charge in [-0.3, -0.25) is 0 Å². The molecule has 1 unspecified atom stereocenters. The van der Waals surface area contributed by atoms with Crippen LogP contribution in [0.15, 0.2) is 48.5 Å². The Morgan fingerprint density at radius 1 is 1.00 bits per heavy atom. The molecule has 0 saturated heterocycles. The van der Waals surface area contributed by atoms with Crippen molar-refractivity contribution < 1.29 is 5.11 Å². The summed E-state index contributed by atoms with van der Waals surface area (Å²) in [6.45, 7) is 2.13. The van der Waals surface area contributed by atoms with Crippen LogP contribution in [0.4, 0.5) is 0 Å². The SMILES string of the molecule is Cc1ccccc1CC1(O)CCCCc2ccccc21. The summed E-state index contributed by atoms with van der Waals surface area (Å²) >= 11 is 0. The highest BCUT2D eigenvalue weighted by molar-refractivity contribution is 5.37. The molecule has 1 heteroatoms. The lowest BCUT2D eigenvalue weighted by atomic mass is 9.82. The lowest BCUT2D eigenvalue weighted by Crippen LogP contribution is -2.29. The maximum atomic E-state index is 11.3. The number of benzene rings is 2. The van der Waals surface area contributed by atoms with E-state index in [0.29, 0.717) is 0 Å². The molecule has 1 N–H and O–H groups in total. The van der Waals surface area contributed by atoms with E-state index in [1.54, 1.807) is 0 Å². The van der Waals surface area contributed by atoms with Crippen molar-refractivity contribution in [2.75, 3.05) is 0 Å². The summed E-state index contributed by atoms with van der Waals surface area (Å²) in [5.74, 6) is 0. The fourth-order valence-corrected chi connectivity index (χ4v) is 3.37. The van der Waals surface area contributed by atoms with Gasteiger partial charge < -0.3 is 5.11 Å². The third-order valence-corrected chi connectivity index (χ3v) is 4.55. The molecule has 0 bridgehead atoms. The number of hydrogen-bond acceptors (Lipinski definition) is 1. The molecule has 0 fully saturated rings. The third kappa shape index (κ3) is 2.51. The smallest absolute Gasteiger partial charge is 0.0939 e. The maximum Gasteiger partial charge on any atom is 0.0939 e. The Hall–Kier alpha value is -1.60. The van der Waals surface area contributed by atoms with Gasteiger partial charge in [-0.1, -0.05) is 48.5 Å². The molecule has 0 amide bonds. The summed E-state index contributed by atoms with van der Waals surface area (Å²) in [5, 5.41) is 11.3. The van der Waals surface area contributed by atoms with Crippen LogP contribution in [0, 0.1) is 6.92 Å². The van der Waals surface area contributed by atoms with E-state index >= 15 is 0 Å². The predicted molar refractivity (Wildman–Crippen MR) is 82.8 cm³/mol. The molecule has 104 valence electrons. The summed E-state index contributed by atoms with van der Waals surface area (Å²) in [5.41, 5.74) is 4.27. The molecule has 1 aliphatic rings. The van der Waals surface area contributed by atoms with E-state index in [4.69, 9.17) is 0 Å². The number of hydrogen-bond donors (Lipinski definition) is 1. The molecule has 2 aromatic carbocycles. The van der Waals surface area contributed by atoms with E-state index in [9.17, 15) is 5.11 Å². The molecular formula is C19H22O. The van der Waals surface area contributed by atoms with Gasteiger partial charge in [-0.15, -0.1) is 0 Å². The van der Waals surface area contributed by atoms with Gasteiger partial charge in [-0.05, 0) is 54.9 Å². The largest absolute Gasteiger partial charge is 0.385 e. The first-order chi connectivity index (χ1) is 9.69. The van der Waals surface area contributed by atoms with Crippen LogP contribution in [0.1, 0.15) is 41.5 Å². The molecule has 0 aliphatic heterocycles.